The van der Waals surface area contributed by atoms with Gasteiger partial charge in [-0.05, 0) is 55.8 Å². The summed E-state index contributed by atoms with van der Waals surface area (Å²) in [6.45, 7) is 3.85. The van der Waals surface area contributed by atoms with Crippen molar-refractivity contribution in [2.45, 2.75) is 19.9 Å². The SMILES string of the molecule is COc1ccc(NC(=O)c2c(/N=C/c3ccc(C)cc3)sc3c2CCN(C)C3)cc1. The Morgan fingerprint density at radius 2 is 1.90 bits per heavy atom. The number of nitrogens with zero attached hydrogens (tertiary/aromatic N) is 2. The summed E-state index contributed by atoms with van der Waals surface area (Å²) >= 11 is 1.61. The van der Waals surface area contributed by atoms with Crippen LogP contribution >= 0.6 is 11.3 Å². The largest absolute Gasteiger partial charge is 0.497 e. The third kappa shape index (κ3) is 4.45. The van der Waals surface area contributed by atoms with Crippen molar-refractivity contribution in [3.8, 4) is 5.75 Å². The first-order valence-electron chi connectivity index (χ1n) is 9.92. The molecule has 2 aromatic carbocycles. The molecule has 1 N–H and O–H groups in total. The number of nitrogens with one attached hydrogen (secondary N) is 1. The molecule has 0 radical (unpaired) electrons. The summed E-state index contributed by atoms with van der Waals surface area (Å²) in [4.78, 5) is 21.5. The number of ether oxygens (including phenoxy) is 1. The minimum Gasteiger partial charge on any atom is -0.497 e. The minimum absolute atomic E-state index is 0.113. The zero-order valence-corrected chi connectivity index (χ0v) is 18.3. The summed E-state index contributed by atoms with van der Waals surface area (Å²) in [7, 11) is 3.73. The number of anilines is 1. The smallest absolute Gasteiger partial charge is 0.259 e. The second kappa shape index (κ2) is 8.81. The number of methoxy groups -OCH3 is 1. The number of rotatable bonds is 5. The van der Waals surface area contributed by atoms with Gasteiger partial charge in [-0.15, -0.1) is 11.3 Å². The normalized spacial score (nSPS) is 14.0. The lowest BCUT2D eigenvalue weighted by molar-refractivity contribution is 0.102. The van der Waals surface area contributed by atoms with Crippen LogP contribution in [0.3, 0.4) is 0 Å². The van der Waals surface area contributed by atoms with Crippen LogP contribution in [0.15, 0.2) is 53.5 Å². The van der Waals surface area contributed by atoms with E-state index < -0.39 is 0 Å². The highest BCUT2D eigenvalue weighted by Crippen LogP contribution is 2.39. The molecule has 1 aliphatic heterocycles. The minimum atomic E-state index is -0.113. The number of hydrogen-bond donors (Lipinski definition) is 1. The van der Waals surface area contributed by atoms with E-state index in [1.807, 2.05) is 42.6 Å². The Balaban J connectivity index is 1.65. The third-order valence-corrected chi connectivity index (χ3v) is 6.34. The molecule has 6 heteroatoms. The van der Waals surface area contributed by atoms with Crippen LogP contribution in [0.1, 0.15) is 31.9 Å². The molecule has 0 bridgehead atoms. The number of hydrogen-bond acceptors (Lipinski definition) is 5. The molecular formula is C24H25N3O2S. The standard InChI is InChI=1S/C24H25N3O2S/c1-16-4-6-17(7-5-16)14-25-24-22(20-12-13-27(2)15-21(20)30-24)23(28)26-18-8-10-19(29-3)11-9-18/h4-11,14H,12-13,15H2,1-3H3,(H,26,28)/b25-14+. The molecule has 30 heavy (non-hydrogen) atoms. The van der Waals surface area contributed by atoms with Gasteiger partial charge in [-0.25, -0.2) is 4.99 Å². The molecule has 0 spiro atoms. The molecule has 3 aromatic rings. The predicted molar refractivity (Wildman–Crippen MR) is 124 cm³/mol. The summed E-state index contributed by atoms with van der Waals surface area (Å²) in [5.41, 5.74) is 4.79. The van der Waals surface area contributed by atoms with Crippen LogP contribution in [-0.4, -0.2) is 37.7 Å². The Kier molecular flexibility index (Phi) is 5.97. The Labute approximate surface area is 181 Å². The summed E-state index contributed by atoms with van der Waals surface area (Å²) in [6, 6.07) is 15.6. The summed E-state index contributed by atoms with van der Waals surface area (Å²) in [6.07, 6.45) is 2.69. The lowest BCUT2D eigenvalue weighted by Crippen LogP contribution is -2.26. The van der Waals surface area contributed by atoms with Gasteiger partial charge >= 0.3 is 0 Å². The van der Waals surface area contributed by atoms with Crippen LogP contribution in [0.5, 0.6) is 5.75 Å². The van der Waals surface area contributed by atoms with E-state index in [0.29, 0.717) is 5.56 Å². The Morgan fingerprint density at radius 1 is 1.17 bits per heavy atom. The lowest BCUT2D eigenvalue weighted by Gasteiger charge is -2.22. The van der Waals surface area contributed by atoms with Gasteiger partial charge in [-0.2, -0.15) is 0 Å². The second-order valence-corrected chi connectivity index (χ2v) is 8.61. The Bertz CT molecular complexity index is 1070. The van der Waals surface area contributed by atoms with Gasteiger partial charge in [0.2, 0.25) is 0 Å². The van der Waals surface area contributed by atoms with Gasteiger partial charge in [0.25, 0.3) is 5.91 Å². The monoisotopic (exact) mass is 419 g/mol. The number of carbonyl (C=O) groups is 1. The number of benzene rings is 2. The molecule has 0 aliphatic carbocycles. The van der Waals surface area contributed by atoms with Gasteiger partial charge in [0.15, 0.2) is 0 Å². The highest BCUT2D eigenvalue weighted by molar-refractivity contribution is 7.16. The lowest BCUT2D eigenvalue weighted by atomic mass is 10.0. The Morgan fingerprint density at radius 3 is 2.60 bits per heavy atom. The van der Waals surface area contributed by atoms with Crippen molar-refractivity contribution < 1.29 is 9.53 Å². The third-order valence-electron chi connectivity index (χ3n) is 5.21. The van der Waals surface area contributed by atoms with Crippen LogP contribution in [0.2, 0.25) is 0 Å². The summed E-state index contributed by atoms with van der Waals surface area (Å²) < 4.78 is 5.20. The van der Waals surface area contributed by atoms with E-state index in [0.717, 1.165) is 47.1 Å². The molecular weight excluding hydrogens is 394 g/mol. The number of carbonyl (C=O) groups excluding carboxylic acids is 1. The van der Waals surface area contributed by atoms with Crippen molar-refractivity contribution in [1.82, 2.24) is 4.90 Å². The van der Waals surface area contributed by atoms with Crippen molar-refractivity contribution in [3.63, 3.8) is 0 Å². The average molecular weight is 420 g/mol. The maximum Gasteiger partial charge on any atom is 0.259 e. The van der Waals surface area contributed by atoms with Crippen LogP contribution in [0.4, 0.5) is 10.7 Å². The van der Waals surface area contributed by atoms with E-state index in [4.69, 9.17) is 9.73 Å². The number of fused-ring (bicyclic) bond motifs is 1. The van der Waals surface area contributed by atoms with Gasteiger partial charge in [0.05, 0.1) is 12.7 Å². The van der Waals surface area contributed by atoms with E-state index in [1.54, 1.807) is 18.4 Å². The summed E-state index contributed by atoms with van der Waals surface area (Å²) in [5, 5.41) is 3.79. The summed E-state index contributed by atoms with van der Waals surface area (Å²) in [5.74, 6) is 0.644. The van der Waals surface area contributed by atoms with Gasteiger partial charge in [-0.1, -0.05) is 29.8 Å². The molecule has 0 fully saturated rings. The van der Waals surface area contributed by atoms with Crippen molar-refractivity contribution >= 4 is 34.1 Å². The maximum atomic E-state index is 13.2. The quantitative estimate of drug-likeness (QED) is 0.589. The predicted octanol–water partition coefficient (Wildman–Crippen LogP) is 5.06. The van der Waals surface area contributed by atoms with Crippen molar-refractivity contribution in [2.24, 2.45) is 4.99 Å². The highest BCUT2D eigenvalue weighted by atomic mass is 32.1. The molecule has 0 unspecified atom stereocenters. The van der Waals surface area contributed by atoms with Gasteiger partial charge in [0.1, 0.15) is 10.8 Å². The molecule has 5 nitrogen and oxygen atoms in total. The fraction of sp³-hybridized carbons (Fsp3) is 0.250. The van der Waals surface area contributed by atoms with Crippen LogP contribution in [0.25, 0.3) is 0 Å². The van der Waals surface area contributed by atoms with Crippen molar-refractivity contribution in [2.75, 3.05) is 26.0 Å². The molecule has 1 amide bonds. The Hall–Kier alpha value is -2.96. The molecule has 1 aromatic heterocycles. The van der Waals surface area contributed by atoms with E-state index in [2.05, 4.69) is 36.3 Å². The van der Waals surface area contributed by atoms with Crippen LogP contribution in [-0.2, 0) is 13.0 Å². The molecule has 154 valence electrons. The fourth-order valence-electron chi connectivity index (χ4n) is 3.50. The molecule has 1 aliphatic rings. The first-order valence-corrected chi connectivity index (χ1v) is 10.7. The first-order chi connectivity index (χ1) is 14.5. The maximum absolute atomic E-state index is 13.2. The van der Waals surface area contributed by atoms with Crippen molar-refractivity contribution in [1.29, 1.82) is 0 Å². The molecule has 2 heterocycles. The van der Waals surface area contributed by atoms with Crippen molar-refractivity contribution in [3.05, 3.63) is 75.7 Å². The molecule has 4 rings (SSSR count). The molecule has 0 saturated carbocycles. The van der Waals surface area contributed by atoms with Gasteiger partial charge < -0.3 is 15.0 Å². The van der Waals surface area contributed by atoms with E-state index in [-0.39, 0.29) is 5.91 Å². The van der Waals surface area contributed by atoms with E-state index in [1.165, 1.54) is 10.4 Å². The number of thiophene rings is 1. The zero-order chi connectivity index (χ0) is 21.1. The van der Waals surface area contributed by atoms with Gasteiger partial charge in [-0.3, -0.25) is 4.79 Å². The molecule has 0 atom stereocenters. The van der Waals surface area contributed by atoms with E-state index >= 15 is 0 Å². The van der Waals surface area contributed by atoms with Crippen LogP contribution in [0, 0.1) is 6.92 Å². The number of aliphatic imine (C=N–C) groups is 1. The average Bonchev–Trinajstić information content (AvgIpc) is 3.11. The highest BCUT2D eigenvalue weighted by Gasteiger charge is 2.26. The fourth-order valence-corrected chi connectivity index (χ4v) is 4.76. The first kappa shape index (κ1) is 20.3. The zero-order valence-electron chi connectivity index (χ0n) is 17.4. The number of amides is 1. The van der Waals surface area contributed by atoms with Crippen LogP contribution < -0.4 is 10.1 Å². The van der Waals surface area contributed by atoms with E-state index in [9.17, 15) is 4.79 Å². The van der Waals surface area contributed by atoms with Gasteiger partial charge in [0, 0.05) is 29.9 Å². The molecule has 0 saturated heterocycles. The topological polar surface area (TPSA) is 53.9 Å². The number of likely N-dealkylation sites (N-methyl/N-ethyl adjacent to an activating group) is 1. The second-order valence-electron chi connectivity index (χ2n) is 7.52. The number of aryl methyl sites for hydroxylation is 1.